The molecule has 2 rings (SSSR count). The molecule has 0 saturated heterocycles. The fourth-order valence-electron chi connectivity index (χ4n) is 0.846. The van der Waals surface area contributed by atoms with Crippen LogP contribution in [0.2, 0.25) is 0 Å². The van der Waals surface area contributed by atoms with Gasteiger partial charge in [0.25, 0.3) is 0 Å². The Labute approximate surface area is 87.0 Å². The molecular weight excluding hydrogens is 252 g/mol. The Balaban J connectivity index is 2.41. The number of nitrogens with zero attached hydrogens (tertiary/aromatic N) is 3. The molecule has 0 saturated carbocycles. The first-order chi connectivity index (χ1) is 6.25. The normalized spacial score (nSPS) is 10.2. The third-order valence-electron chi connectivity index (χ3n) is 1.40. The molecule has 66 valence electrons. The summed E-state index contributed by atoms with van der Waals surface area (Å²) in [6, 6.07) is 0. The summed E-state index contributed by atoms with van der Waals surface area (Å²) < 4.78 is 0.716. The fraction of sp³-hybridized carbons (Fsp3) is 0. The maximum atomic E-state index is 5.50. The number of nitrogen functional groups attached to an aromatic ring is 1. The molecule has 2 heterocycles. The molecule has 0 amide bonds. The van der Waals surface area contributed by atoms with Crippen LogP contribution in [0.3, 0.4) is 0 Å². The van der Waals surface area contributed by atoms with E-state index < -0.39 is 0 Å². The van der Waals surface area contributed by atoms with Crippen LogP contribution in [0.25, 0.3) is 10.6 Å². The highest BCUT2D eigenvalue weighted by atomic mass is 79.9. The number of aromatic nitrogens is 3. The van der Waals surface area contributed by atoms with Crippen LogP contribution in [0.1, 0.15) is 0 Å². The van der Waals surface area contributed by atoms with Crippen molar-refractivity contribution in [2.24, 2.45) is 0 Å². The summed E-state index contributed by atoms with van der Waals surface area (Å²) in [4.78, 5) is 13.1. The molecule has 0 atom stereocenters. The summed E-state index contributed by atoms with van der Waals surface area (Å²) in [5.41, 5.74) is 6.29. The van der Waals surface area contributed by atoms with E-state index in [9.17, 15) is 0 Å². The van der Waals surface area contributed by atoms with E-state index in [0.717, 1.165) is 10.6 Å². The molecule has 0 fully saturated rings. The van der Waals surface area contributed by atoms with Gasteiger partial charge in [0.05, 0.1) is 17.3 Å². The molecule has 0 aliphatic carbocycles. The van der Waals surface area contributed by atoms with Crippen LogP contribution in [0, 0.1) is 0 Å². The summed E-state index contributed by atoms with van der Waals surface area (Å²) in [7, 11) is 0. The highest BCUT2D eigenvalue weighted by Crippen LogP contribution is 2.25. The third-order valence-corrected chi connectivity index (χ3v) is 2.65. The molecule has 2 aromatic heterocycles. The van der Waals surface area contributed by atoms with Crippen LogP contribution in [0.5, 0.6) is 0 Å². The molecule has 4 nitrogen and oxygen atoms in total. The monoisotopic (exact) mass is 256 g/mol. The molecule has 2 aromatic rings. The molecule has 0 radical (unpaired) electrons. The predicted molar refractivity (Wildman–Crippen MR) is 55.3 cm³/mol. The number of rotatable bonds is 1. The lowest BCUT2D eigenvalue weighted by Gasteiger charge is -1.93. The lowest BCUT2D eigenvalue weighted by molar-refractivity contribution is 1.17. The van der Waals surface area contributed by atoms with Gasteiger partial charge < -0.3 is 5.73 Å². The van der Waals surface area contributed by atoms with Gasteiger partial charge >= 0.3 is 0 Å². The molecule has 6 heteroatoms. The number of nitrogens with two attached hydrogens (primary N) is 1. The van der Waals surface area contributed by atoms with Crippen molar-refractivity contribution in [1.82, 2.24) is 15.0 Å². The summed E-state index contributed by atoms with van der Waals surface area (Å²) in [6.45, 7) is 0. The van der Waals surface area contributed by atoms with Gasteiger partial charge in [0.15, 0.2) is 5.13 Å². The van der Waals surface area contributed by atoms with E-state index >= 15 is 0 Å². The van der Waals surface area contributed by atoms with Crippen LogP contribution in [-0.2, 0) is 0 Å². The molecule has 0 spiro atoms. The zero-order chi connectivity index (χ0) is 9.26. The van der Waals surface area contributed by atoms with Crippen molar-refractivity contribution in [2.75, 3.05) is 5.73 Å². The number of anilines is 1. The quantitative estimate of drug-likeness (QED) is 0.847. The second-order valence-corrected chi connectivity index (χ2v) is 4.16. The summed E-state index contributed by atoms with van der Waals surface area (Å²) in [5.74, 6) is 0. The van der Waals surface area contributed by atoms with E-state index in [4.69, 9.17) is 5.73 Å². The zero-order valence-electron chi connectivity index (χ0n) is 6.44. The average Bonchev–Trinajstić information content (AvgIpc) is 2.53. The minimum atomic E-state index is 0.541. The van der Waals surface area contributed by atoms with Crippen molar-refractivity contribution in [3.05, 3.63) is 23.2 Å². The van der Waals surface area contributed by atoms with Crippen molar-refractivity contribution in [3.8, 4) is 10.6 Å². The SMILES string of the molecule is Nc1ncc(-c2cnc(Br)cn2)s1. The Morgan fingerprint density at radius 2 is 2.00 bits per heavy atom. The number of halogens is 1. The standard InChI is InChI=1S/C7H5BrN4S/c8-6-3-10-4(1-11-6)5-2-12-7(9)13-5/h1-3H,(H2,9,12). The number of thiazole rings is 1. The largest absolute Gasteiger partial charge is 0.375 e. The first-order valence-corrected chi connectivity index (χ1v) is 5.06. The summed E-state index contributed by atoms with van der Waals surface area (Å²) in [6.07, 6.45) is 5.01. The van der Waals surface area contributed by atoms with E-state index in [0.29, 0.717) is 9.73 Å². The molecule has 0 aliphatic heterocycles. The van der Waals surface area contributed by atoms with Crippen LogP contribution in [-0.4, -0.2) is 15.0 Å². The Hall–Kier alpha value is -1.01. The van der Waals surface area contributed by atoms with E-state index in [1.165, 1.54) is 11.3 Å². The minimum absolute atomic E-state index is 0.541. The van der Waals surface area contributed by atoms with Crippen LogP contribution in [0.15, 0.2) is 23.2 Å². The number of hydrogen-bond donors (Lipinski definition) is 1. The van der Waals surface area contributed by atoms with Gasteiger partial charge in [0, 0.05) is 6.20 Å². The fourth-order valence-corrected chi connectivity index (χ4v) is 1.70. The van der Waals surface area contributed by atoms with Gasteiger partial charge in [-0.15, -0.1) is 0 Å². The van der Waals surface area contributed by atoms with Gasteiger partial charge in [-0.05, 0) is 15.9 Å². The molecule has 2 N–H and O–H groups in total. The first-order valence-electron chi connectivity index (χ1n) is 3.45. The topological polar surface area (TPSA) is 64.7 Å². The Bertz CT molecular complexity index is 411. The van der Waals surface area contributed by atoms with Crippen molar-refractivity contribution >= 4 is 32.4 Å². The molecule has 0 aliphatic rings. The smallest absolute Gasteiger partial charge is 0.180 e. The van der Waals surface area contributed by atoms with Crippen molar-refractivity contribution in [1.29, 1.82) is 0 Å². The van der Waals surface area contributed by atoms with E-state index in [1.807, 2.05) is 0 Å². The number of hydrogen-bond acceptors (Lipinski definition) is 5. The minimum Gasteiger partial charge on any atom is -0.375 e. The van der Waals surface area contributed by atoms with Gasteiger partial charge in [-0.3, -0.25) is 4.98 Å². The van der Waals surface area contributed by atoms with E-state index in [1.54, 1.807) is 18.6 Å². The van der Waals surface area contributed by atoms with Crippen molar-refractivity contribution in [3.63, 3.8) is 0 Å². The lowest BCUT2D eigenvalue weighted by Crippen LogP contribution is -1.82. The summed E-state index contributed by atoms with van der Waals surface area (Å²) in [5, 5.41) is 0.541. The molecule has 0 aromatic carbocycles. The van der Waals surface area contributed by atoms with Gasteiger partial charge in [-0.1, -0.05) is 11.3 Å². The molecule has 0 unspecified atom stereocenters. The Morgan fingerprint density at radius 1 is 1.15 bits per heavy atom. The maximum Gasteiger partial charge on any atom is 0.180 e. The van der Waals surface area contributed by atoms with Crippen molar-refractivity contribution < 1.29 is 0 Å². The second kappa shape index (κ2) is 3.39. The van der Waals surface area contributed by atoms with Gasteiger partial charge in [0.1, 0.15) is 10.3 Å². The van der Waals surface area contributed by atoms with Crippen molar-refractivity contribution in [2.45, 2.75) is 0 Å². The second-order valence-electron chi connectivity index (χ2n) is 2.29. The maximum absolute atomic E-state index is 5.50. The van der Waals surface area contributed by atoms with E-state index in [-0.39, 0.29) is 0 Å². The first kappa shape index (κ1) is 8.58. The highest BCUT2D eigenvalue weighted by Gasteiger charge is 2.03. The predicted octanol–water partition coefficient (Wildman–Crippen LogP) is 1.94. The zero-order valence-corrected chi connectivity index (χ0v) is 8.84. The van der Waals surface area contributed by atoms with Crippen LogP contribution in [0.4, 0.5) is 5.13 Å². The molecule has 13 heavy (non-hydrogen) atoms. The van der Waals surface area contributed by atoms with Gasteiger partial charge in [-0.25, -0.2) is 9.97 Å². The van der Waals surface area contributed by atoms with Gasteiger partial charge in [0.2, 0.25) is 0 Å². The van der Waals surface area contributed by atoms with Crippen LogP contribution < -0.4 is 5.73 Å². The third kappa shape index (κ3) is 1.84. The van der Waals surface area contributed by atoms with Gasteiger partial charge in [-0.2, -0.15) is 0 Å². The lowest BCUT2D eigenvalue weighted by atomic mass is 10.4. The van der Waals surface area contributed by atoms with E-state index in [2.05, 4.69) is 30.9 Å². The average molecular weight is 257 g/mol. The van der Waals surface area contributed by atoms with Crippen LogP contribution >= 0.6 is 27.3 Å². The Morgan fingerprint density at radius 3 is 2.54 bits per heavy atom. The highest BCUT2D eigenvalue weighted by molar-refractivity contribution is 9.10. The Kier molecular flexibility index (Phi) is 2.24. The molecule has 0 bridgehead atoms. The molecular formula is C7H5BrN4S. The summed E-state index contributed by atoms with van der Waals surface area (Å²) >= 11 is 4.61.